The smallest absolute Gasteiger partial charge is 0.336 e. The van der Waals surface area contributed by atoms with Gasteiger partial charge in [-0.2, -0.15) is 0 Å². The van der Waals surface area contributed by atoms with Gasteiger partial charge >= 0.3 is 5.63 Å². The van der Waals surface area contributed by atoms with Crippen LogP contribution in [0.4, 0.5) is 0 Å². The van der Waals surface area contributed by atoms with E-state index < -0.39 is 0 Å². The summed E-state index contributed by atoms with van der Waals surface area (Å²) in [6, 6.07) is 5.68. The first-order valence-electron chi connectivity index (χ1n) is 11.0. The highest BCUT2D eigenvalue weighted by molar-refractivity contribution is 5.82. The molecule has 6 nitrogen and oxygen atoms in total. The van der Waals surface area contributed by atoms with Crippen molar-refractivity contribution >= 4 is 16.9 Å². The minimum Gasteiger partial charge on any atom is -0.423 e. The number of fused-ring (bicyclic) bond motifs is 1. The van der Waals surface area contributed by atoms with Crippen molar-refractivity contribution in [3.8, 4) is 0 Å². The second kappa shape index (κ2) is 8.52. The zero-order valence-corrected chi connectivity index (χ0v) is 18.4. The van der Waals surface area contributed by atoms with Gasteiger partial charge in [-0.25, -0.2) is 4.79 Å². The molecule has 2 fully saturated rings. The summed E-state index contributed by atoms with van der Waals surface area (Å²) >= 11 is 0. The molecule has 1 amide bonds. The topological polar surface area (TPSA) is 63.0 Å². The molecule has 1 aromatic heterocycles. The number of carbonyl (C=O) groups excluding carboxylic acids is 1. The second-order valence-corrected chi connectivity index (χ2v) is 9.07. The molecule has 0 N–H and O–H groups in total. The summed E-state index contributed by atoms with van der Waals surface area (Å²) in [5.74, 6) is 0.356. The van der Waals surface area contributed by atoms with Gasteiger partial charge in [0.2, 0.25) is 5.91 Å². The Bertz CT molecular complexity index is 981. The van der Waals surface area contributed by atoms with Crippen molar-refractivity contribution in [1.82, 2.24) is 9.80 Å². The fourth-order valence-corrected chi connectivity index (χ4v) is 4.81. The number of benzene rings is 1. The summed E-state index contributed by atoms with van der Waals surface area (Å²) in [5.41, 5.74) is 3.66. The van der Waals surface area contributed by atoms with Crippen LogP contribution in [-0.4, -0.2) is 54.1 Å². The molecule has 2 aliphatic heterocycles. The van der Waals surface area contributed by atoms with Crippen LogP contribution in [0.15, 0.2) is 27.4 Å². The Hall–Kier alpha value is -2.18. The lowest BCUT2D eigenvalue weighted by molar-refractivity contribution is -0.148. The number of ether oxygens (including phenoxy) is 1. The molecule has 0 bridgehead atoms. The van der Waals surface area contributed by atoms with E-state index in [1.807, 2.05) is 31.7 Å². The molecule has 0 saturated carbocycles. The number of morpholine rings is 1. The molecule has 162 valence electrons. The van der Waals surface area contributed by atoms with Gasteiger partial charge in [0.05, 0.1) is 12.2 Å². The summed E-state index contributed by atoms with van der Waals surface area (Å²) in [6.45, 7) is 12.0. The lowest BCUT2D eigenvalue weighted by atomic mass is 9.94. The van der Waals surface area contributed by atoms with E-state index in [-0.39, 0.29) is 29.7 Å². The third-order valence-corrected chi connectivity index (χ3v) is 6.51. The minimum atomic E-state index is -0.304. The predicted molar refractivity (Wildman–Crippen MR) is 117 cm³/mol. The molecule has 3 heterocycles. The monoisotopic (exact) mass is 412 g/mol. The zero-order chi connectivity index (χ0) is 21.4. The Kier molecular flexibility index (Phi) is 5.98. The molecule has 0 spiro atoms. The fourth-order valence-electron chi connectivity index (χ4n) is 4.81. The predicted octanol–water partition coefficient (Wildman–Crippen LogP) is 3.26. The highest BCUT2D eigenvalue weighted by atomic mass is 16.5. The molecule has 0 radical (unpaired) electrons. The lowest BCUT2D eigenvalue weighted by Crippen LogP contribution is -2.51. The van der Waals surface area contributed by atoms with Crippen molar-refractivity contribution in [2.24, 2.45) is 5.92 Å². The van der Waals surface area contributed by atoms with Crippen molar-refractivity contribution in [1.29, 1.82) is 0 Å². The quantitative estimate of drug-likeness (QED) is 0.724. The van der Waals surface area contributed by atoms with Crippen LogP contribution in [0.2, 0.25) is 0 Å². The molecule has 0 aliphatic carbocycles. The molecule has 2 saturated heterocycles. The van der Waals surface area contributed by atoms with E-state index in [0.29, 0.717) is 25.2 Å². The number of likely N-dealkylation sites (tertiary alicyclic amines) is 1. The molecular formula is C24H32N2O4. The summed E-state index contributed by atoms with van der Waals surface area (Å²) in [5, 5.41) is 1.01. The second-order valence-electron chi connectivity index (χ2n) is 9.07. The summed E-state index contributed by atoms with van der Waals surface area (Å²) in [4.78, 5) is 29.4. The molecule has 2 atom stereocenters. The highest BCUT2D eigenvalue weighted by Crippen LogP contribution is 2.26. The number of nitrogens with zero attached hydrogens (tertiary/aromatic N) is 2. The van der Waals surface area contributed by atoms with Crippen molar-refractivity contribution in [2.45, 2.75) is 59.3 Å². The van der Waals surface area contributed by atoms with Crippen LogP contribution in [0.1, 0.15) is 43.4 Å². The number of piperidine rings is 1. The van der Waals surface area contributed by atoms with Gasteiger partial charge in [-0.1, -0.05) is 0 Å². The van der Waals surface area contributed by atoms with E-state index in [4.69, 9.17) is 9.15 Å². The molecular weight excluding hydrogens is 380 g/mol. The van der Waals surface area contributed by atoms with E-state index in [2.05, 4.69) is 17.9 Å². The van der Waals surface area contributed by atoms with Gasteiger partial charge in [0, 0.05) is 37.0 Å². The third-order valence-electron chi connectivity index (χ3n) is 6.51. The maximum atomic E-state index is 13.0. The number of hydrogen-bond acceptors (Lipinski definition) is 5. The zero-order valence-electron chi connectivity index (χ0n) is 18.4. The van der Waals surface area contributed by atoms with Crippen molar-refractivity contribution in [3.63, 3.8) is 0 Å². The standard InChI is InChI=1S/C24H32N2O4/c1-15-9-21-20(11-23(27)30-22(21)10-16(15)2)14-25-7-5-19(6-8-25)24(28)26-12-17(3)29-18(4)13-26/h9-11,17-19H,5-8,12-14H2,1-4H3. The molecule has 6 heteroatoms. The number of hydrogen-bond donors (Lipinski definition) is 0. The number of aryl methyl sites for hydroxylation is 2. The van der Waals surface area contributed by atoms with Gasteiger partial charge in [-0.05, 0) is 82.4 Å². The highest BCUT2D eigenvalue weighted by Gasteiger charge is 2.32. The summed E-state index contributed by atoms with van der Waals surface area (Å²) < 4.78 is 11.2. The Labute approximate surface area is 177 Å². The minimum absolute atomic E-state index is 0.0845. The fraction of sp³-hybridized carbons (Fsp3) is 0.583. The Morgan fingerprint density at radius 3 is 2.33 bits per heavy atom. The van der Waals surface area contributed by atoms with Crippen LogP contribution >= 0.6 is 0 Å². The molecule has 30 heavy (non-hydrogen) atoms. The van der Waals surface area contributed by atoms with E-state index >= 15 is 0 Å². The molecule has 4 rings (SSSR count). The van der Waals surface area contributed by atoms with E-state index in [0.717, 1.165) is 42.4 Å². The summed E-state index contributed by atoms with van der Waals surface area (Å²) in [7, 11) is 0. The molecule has 1 aromatic carbocycles. The number of amides is 1. The average molecular weight is 413 g/mol. The van der Waals surface area contributed by atoms with Crippen LogP contribution in [0, 0.1) is 19.8 Å². The Morgan fingerprint density at radius 2 is 1.67 bits per heavy atom. The maximum absolute atomic E-state index is 13.0. The average Bonchev–Trinajstić information content (AvgIpc) is 2.69. The Morgan fingerprint density at radius 1 is 1.03 bits per heavy atom. The van der Waals surface area contributed by atoms with Crippen molar-refractivity contribution in [3.05, 3.63) is 45.3 Å². The molecule has 2 unspecified atom stereocenters. The van der Waals surface area contributed by atoms with E-state index in [1.54, 1.807) is 6.07 Å². The van der Waals surface area contributed by atoms with Crippen LogP contribution < -0.4 is 5.63 Å². The van der Waals surface area contributed by atoms with Gasteiger partial charge in [0.25, 0.3) is 0 Å². The van der Waals surface area contributed by atoms with Gasteiger partial charge in [0.1, 0.15) is 5.58 Å². The normalized spacial score (nSPS) is 23.8. The summed E-state index contributed by atoms with van der Waals surface area (Å²) in [6.07, 6.45) is 1.92. The third kappa shape index (κ3) is 4.44. The van der Waals surface area contributed by atoms with Gasteiger partial charge in [-0.3, -0.25) is 9.69 Å². The van der Waals surface area contributed by atoms with Crippen LogP contribution in [-0.2, 0) is 16.1 Å². The van der Waals surface area contributed by atoms with Gasteiger partial charge < -0.3 is 14.1 Å². The Balaban J connectivity index is 1.42. The van der Waals surface area contributed by atoms with Crippen LogP contribution in [0.25, 0.3) is 11.0 Å². The maximum Gasteiger partial charge on any atom is 0.336 e. The lowest BCUT2D eigenvalue weighted by Gasteiger charge is -2.39. The largest absolute Gasteiger partial charge is 0.423 e. The molecule has 2 aromatic rings. The first-order chi connectivity index (χ1) is 14.3. The first kappa shape index (κ1) is 21.1. The van der Waals surface area contributed by atoms with Gasteiger partial charge in [0.15, 0.2) is 0 Å². The number of rotatable bonds is 3. The van der Waals surface area contributed by atoms with Gasteiger partial charge in [-0.15, -0.1) is 0 Å². The van der Waals surface area contributed by atoms with Crippen LogP contribution in [0.3, 0.4) is 0 Å². The van der Waals surface area contributed by atoms with Crippen molar-refractivity contribution < 1.29 is 13.9 Å². The first-order valence-corrected chi connectivity index (χ1v) is 11.0. The molecule has 2 aliphatic rings. The van der Waals surface area contributed by atoms with E-state index in [1.165, 1.54) is 5.56 Å². The van der Waals surface area contributed by atoms with E-state index in [9.17, 15) is 9.59 Å². The number of carbonyl (C=O) groups is 1. The van der Waals surface area contributed by atoms with Crippen LogP contribution in [0.5, 0.6) is 0 Å². The van der Waals surface area contributed by atoms with Crippen molar-refractivity contribution in [2.75, 3.05) is 26.2 Å². The SMILES string of the molecule is Cc1cc2oc(=O)cc(CN3CCC(C(=O)N4CC(C)OC(C)C4)CC3)c2cc1C.